The summed E-state index contributed by atoms with van der Waals surface area (Å²) in [4.78, 5) is 25.5. The number of rotatable bonds is 6. The van der Waals surface area contributed by atoms with Crippen molar-refractivity contribution >= 4 is 11.8 Å². The Balaban J connectivity index is 1.30. The van der Waals surface area contributed by atoms with Gasteiger partial charge < -0.3 is 14.2 Å². The minimum absolute atomic E-state index is 0.0577. The van der Waals surface area contributed by atoms with Gasteiger partial charge >= 0.3 is 5.97 Å². The summed E-state index contributed by atoms with van der Waals surface area (Å²) in [6.07, 6.45) is 14.6. The Morgan fingerprint density at radius 1 is 1.11 bits per heavy atom. The predicted molar refractivity (Wildman–Crippen MR) is 134 cm³/mol. The molecule has 1 aliphatic heterocycles. The lowest BCUT2D eigenvalue weighted by atomic mass is 9.46. The second-order valence-corrected chi connectivity index (χ2v) is 12.8. The molecule has 3 saturated carbocycles. The molecule has 5 heteroatoms. The van der Waals surface area contributed by atoms with Crippen LogP contribution in [-0.2, 0) is 23.8 Å². The molecule has 35 heavy (non-hydrogen) atoms. The SMILES string of the molecule is COC(=O)CC[C@@H](C)[C@H]1CC[C@H]2C3C(=O)C=C4C[C@@H](OC5CCCCO5)CC[C@]4(C)[C@H]3CC[C@]12C. The van der Waals surface area contributed by atoms with Crippen LogP contribution in [0.25, 0.3) is 0 Å². The molecule has 196 valence electrons. The largest absolute Gasteiger partial charge is 0.469 e. The third-order valence-electron chi connectivity index (χ3n) is 11.2. The van der Waals surface area contributed by atoms with Crippen molar-refractivity contribution in [3.05, 3.63) is 11.6 Å². The number of hydrogen-bond acceptors (Lipinski definition) is 5. The van der Waals surface area contributed by atoms with Gasteiger partial charge in [0, 0.05) is 18.9 Å². The lowest BCUT2D eigenvalue weighted by Gasteiger charge is -2.57. The molecule has 4 fully saturated rings. The molecule has 0 amide bonds. The zero-order chi connectivity index (χ0) is 24.8. The fraction of sp³-hybridized carbons (Fsp3) is 0.867. The number of carbonyl (C=O) groups excluding carboxylic acids is 2. The van der Waals surface area contributed by atoms with Crippen molar-refractivity contribution in [3.8, 4) is 0 Å². The van der Waals surface area contributed by atoms with Gasteiger partial charge in [-0.1, -0.05) is 26.3 Å². The van der Waals surface area contributed by atoms with E-state index < -0.39 is 0 Å². The number of allylic oxidation sites excluding steroid dienone is 1. The first kappa shape index (κ1) is 25.4. The Labute approximate surface area is 211 Å². The van der Waals surface area contributed by atoms with E-state index in [2.05, 4.69) is 26.8 Å². The van der Waals surface area contributed by atoms with Crippen molar-refractivity contribution in [2.45, 2.75) is 110 Å². The molecule has 1 heterocycles. The van der Waals surface area contributed by atoms with E-state index in [1.54, 1.807) is 0 Å². The second kappa shape index (κ2) is 9.93. The lowest BCUT2D eigenvalue weighted by Crippen LogP contribution is -2.54. The molecule has 0 radical (unpaired) electrons. The van der Waals surface area contributed by atoms with Crippen molar-refractivity contribution in [1.82, 2.24) is 0 Å². The maximum absolute atomic E-state index is 13.7. The van der Waals surface area contributed by atoms with Gasteiger partial charge in [0.1, 0.15) is 0 Å². The van der Waals surface area contributed by atoms with Crippen molar-refractivity contribution in [2.24, 2.45) is 40.4 Å². The summed E-state index contributed by atoms with van der Waals surface area (Å²) >= 11 is 0. The monoisotopic (exact) mass is 486 g/mol. The summed E-state index contributed by atoms with van der Waals surface area (Å²) in [5.74, 6) is 2.44. The maximum atomic E-state index is 13.7. The van der Waals surface area contributed by atoms with Gasteiger partial charge in [0.2, 0.25) is 0 Å². The van der Waals surface area contributed by atoms with E-state index in [0.29, 0.717) is 35.9 Å². The molecule has 5 nitrogen and oxygen atoms in total. The van der Waals surface area contributed by atoms with Crippen molar-refractivity contribution in [2.75, 3.05) is 13.7 Å². The standard InChI is InChI=1S/C30H46O5/c1-19(8-11-26(32)33-4)22-9-10-23-28-24(13-15-30(22,23)3)29(2)14-12-21(17-20(29)18-25(28)31)35-27-7-5-6-16-34-27/h18-19,21-24,27-28H,5-17H2,1-4H3/t19-,21+,22-,23+,24+,27?,28?,29+,30-/m1/s1. The molecule has 2 unspecified atom stereocenters. The van der Waals surface area contributed by atoms with Crippen molar-refractivity contribution < 1.29 is 23.8 Å². The first-order chi connectivity index (χ1) is 16.8. The molecule has 5 aliphatic rings. The molecular weight excluding hydrogens is 440 g/mol. The van der Waals surface area contributed by atoms with E-state index in [4.69, 9.17) is 14.2 Å². The molecule has 0 aromatic heterocycles. The minimum Gasteiger partial charge on any atom is -0.469 e. The minimum atomic E-state index is -0.108. The van der Waals surface area contributed by atoms with Gasteiger partial charge in [0.15, 0.2) is 12.1 Å². The van der Waals surface area contributed by atoms with E-state index in [0.717, 1.165) is 58.0 Å². The number of methoxy groups -OCH3 is 1. The summed E-state index contributed by atoms with van der Waals surface area (Å²) in [6.45, 7) is 8.03. The van der Waals surface area contributed by atoms with Gasteiger partial charge in [-0.05, 0) is 111 Å². The normalized spacial score (nSPS) is 44.0. The molecule has 1 saturated heterocycles. The van der Waals surface area contributed by atoms with Gasteiger partial charge in [0.05, 0.1) is 13.2 Å². The smallest absolute Gasteiger partial charge is 0.305 e. The van der Waals surface area contributed by atoms with Gasteiger partial charge in [-0.2, -0.15) is 0 Å². The van der Waals surface area contributed by atoms with Gasteiger partial charge in [-0.15, -0.1) is 0 Å². The van der Waals surface area contributed by atoms with Crippen LogP contribution in [0.3, 0.4) is 0 Å². The summed E-state index contributed by atoms with van der Waals surface area (Å²) < 4.78 is 17.1. The first-order valence-corrected chi connectivity index (χ1v) is 14.3. The summed E-state index contributed by atoms with van der Waals surface area (Å²) in [7, 11) is 1.47. The number of hydrogen-bond donors (Lipinski definition) is 0. The molecule has 0 N–H and O–H groups in total. The third kappa shape index (κ3) is 4.54. The highest BCUT2D eigenvalue weighted by Gasteiger charge is 2.61. The highest BCUT2D eigenvalue weighted by Crippen LogP contribution is 2.66. The zero-order valence-corrected chi connectivity index (χ0v) is 22.4. The van der Waals surface area contributed by atoms with Crippen LogP contribution in [0.4, 0.5) is 0 Å². The highest BCUT2D eigenvalue weighted by atomic mass is 16.7. The lowest BCUT2D eigenvalue weighted by molar-refractivity contribution is -0.195. The Morgan fingerprint density at radius 2 is 1.94 bits per heavy atom. The molecule has 0 bridgehead atoms. The second-order valence-electron chi connectivity index (χ2n) is 12.8. The maximum Gasteiger partial charge on any atom is 0.305 e. The van der Waals surface area contributed by atoms with Crippen molar-refractivity contribution in [3.63, 3.8) is 0 Å². The molecular formula is C30H46O5. The Morgan fingerprint density at radius 3 is 2.69 bits per heavy atom. The van der Waals surface area contributed by atoms with Gasteiger partial charge in [-0.3, -0.25) is 9.59 Å². The fourth-order valence-corrected chi connectivity index (χ4v) is 9.14. The first-order valence-electron chi connectivity index (χ1n) is 14.3. The van der Waals surface area contributed by atoms with E-state index in [1.807, 2.05) is 0 Å². The summed E-state index contributed by atoms with van der Waals surface area (Å²) in [5, 5.41) is 0. The van der Waals surface area contributed by atoms with Gasteiger partial charge in [-0.25, -0.2) is 0 Å². The molecule has 0 aromatic rings. The van der Waals surface area contributed by atoms with Crippen LogP contribution in [0, 0.1) is 40.4 Å². The van der Waals surface area contributed by atoms with Crippen molar-refractivity contribution in [1.29, 1.82) is 0 Å². The van der Waals surface area contributed by atoms with Crippen LogP contribution < -0.4 is 0 Å². The highest BCUT2D eigenvalue weighted by molar-refractivity contribution is 5.94. The third-order valence-corrected chi connectivity index (χ3v) is 11.2. The van der Waals surface area contributed by atoms with Crippen LogP contribution in [-0.4, -0.2) is 37.9 Å². The molecule has 5 rings (SSSR count). The van der Waals surface area contributed by atoms with E-state index in [-0.39, 0.29) is 35.1 Å². The number of fused-ring (bicyclic) bond motifs is 5. The fourth-order valence-electron chi connectivity index (χ4n) is 9.14. The number of carbonyl (C=O) groups is 2. The van der Waals surface area contributed by atoms with Crippen LogP contribution in [0.5, 0.6) is 0 Å². The number of ether oxygens (including phenoxy) is 3. The molecule has 4 aliphatic carbocycles. The van der Waals surface area contributed by atoms with E-state index in [1.165, 1.54) is 31.9 Å². The number of esters is 1. The topological polar surface area (TPSA) is 61.8 Å². The summed E-state index contributed by atoms with van der Waals surface area (Å²) in [6, 6.07) is 0. The molecule has 0 aromatic carbocycles. The molecule has 0 spiro atoms. The van der Waals surface area contributed by atoms with Crippen LogP contribution in [0.2, 0.25) is 0 Å². The average molecular weight is 487 g/mol. The predicted octanol–water partition coefficient (Wildman–Crippen LogP) is 6.25. The Bertz CT molecular complexity index is 844. The molecule has 9 atom stereocenters. The Kier molecular flexibility index (Phi) is 7.22. The summed E-state index contributed by atoms with van der Waals surface area (Å²) in [5.41, 5.74) is 1.68. The van der Waals surface area contributed by atoms with Crippen LogP contribution in [0.15, 0.2) is 11.6 Å². The number of ketones is 1. The quantitative estimate of drug-likeness (QED) is 0.416. The van der Waals surface area contributed by atoms with Gasteiger partial charge in [0.25, 0.3) is 0 Å². The zero-order valence-electron chi connectivity index (χ0n) is 22.4. The van der Waals surface area contributed by atoms with Crippen LogP contribution in [0.1, 0.15) is 97.8 Å². The van der Waals surface area contributed by atoms with Crippen LogP contribution >= 0.6 is 0 Å². The average Bonchev–Trinajstić information content (AvgIpc) is 3.21. The van der Waals surface area contributed by atoms with E-state index in [9.17, 15) is 9.59 Å². The van der Waals surface area contributed by atoms with E-state index >= 15 is 0 Å². The Hall–Kier alpha value is -1.20.